The quantitative estimate of drug-likeness (QED) is 0.741. The van der Waals surface area contributed by atoms with Crippen molar-refractivity contribution in [1.29, 1.82) is 0 Å². The number of aliphatic hydroxyl groups is 2. The first-order chi connectivity index (χ1) is 6.70. The Labute approximate surface area is 86.8 Å². The molecule has 1 fully saturated rings. The van der Waals surface area contributed by atoms with E-state index < -0.39 is 12.2 Å². The molecule has 1 aromatic rings. The predicted molar refractivity (Wildman–Crippen MR) is 55.7 cm³/mol. The summed E-state index contributed by atoms with van der Waals surface area (Å²) in [6, 6.07) is 0. The fourth-order valence-electron chi connectivity index (χ4n) is 1.53. The van der Waals surface area contributed by atoms with Gasteiger partial charge < -0.3 is 15.1 Å². The van der Waals surface area contributed by atoms with Crippen LogP contribution in [0.2, 0.25) is 0 Å². The van der Waals surface area contributed by atoms with Gasteiger partial charge in [0.05, 0.1) is 17.9 Å². The zero-order valence-electron chi connectivity index (χ0n) is 8.05. The number of hydrogen-bond donors (Lipinski definition) is 2. The van der Waals surface area contributed by atoms with E-state index in [1.165, 1.54) is 0 Å². The number of aromatic nitrogens is 1. The van der Waals surface area contributed by atoms with Gasteiger partial charge in [-0.15, -0.1) is 11.3 Å². The molecule has 5 heteroatoms. The lowest BCUT2D eigenvalue weighted by Crippen LogP contribution is -2.22. The molecule has 0 bridgehead atoms. The summed E-state index contributed by atoms with van der Waals surface area (Å²) in [6.45, 7) is 3.03. The van der Waals surface area contributed by atoms with Crippen molar-refractivity contribution in [3.05, 3.63) is 11.1 Å². The van der Waals surface area contributed by atoms with Crippen LogP contribution in [0.3, 0.4) is 0 Å². The van der Waals surface area contributed by atoms with Crippen LogP contribution >= 0.6 is 11.3 Å². The van der Waals surface area contributed by atoms with Crippen LogP contribution < -0.4 is 4.90 Å². The highest BCUT2D eigenvalue weighted by molar-refractivity contribution is 7.13. The van der Waals surface area contributed by atoms with Gasteiger partial charge in [0.2, 0.25) is 0 Å². The summed E-state index contributed by atoms with van der Waals surface area (Å²) in [5, 5.41) is 21.7. The Balaban J connectivity index is 2.09. The van der Waals surface area contributed by atoms with Crippen LogP contribution in [-0.4, -0.2) is 40.5 Å². The van der Waals surface area contributed by atoms with Gasteiger partial charge in [-0.1, -0.05) is 6.92 Å². The summed E-state index contributed by atoms with van der Waals surface area (Å²) < 4.78 is 0. The van der Waals surface area contributed by atoms with Crippen LogP contribution in [-0.2, 0) is 6.42 Å². The van der Waals surface area contributed by atoms with Crippen molar-refractivity contribution in [1.82, 2.24) is 4.98 Å². The maximum Gasteiger partial charge on any atom is 0.185 e. The maximum atomic E-state index is 9.38. The molecule has 0 spiro atoms. The fraction of sp³-hybridized carbons (Fsp3) is 0.667. The van der Waals surface area contributed by atoms with Crippen molar-refractivity contribution in [2.45, 2.75) is 25.6 Å². The largest absolute Gasteiger partial charge is 0.389 e. The zero-order chi connectivity index (χ0) is 10.1. The second-order valence-electron chi connectivity index (χ2n) is 3.51. The number of nitrogens with zero attached hydrogens (tertiary/aromatic N) is 2. The average Bonchev–Trinajstić information content (AvgIpc) is 2.74. The lowest BCUT2D eigenvalue weighted by molar-refractivity contribution is 0.0572. The van der Waals surface area contributed by atoms with Gasteiger partial charge >= 0.3 is 0 Å². The van der Waals surface area contributed by atoms with E-state index in [1.807, 2.05) is 10.3 Å². The van der Waals surface area contributed by atoms with E-state index in [4.69, 9.17) is 0 Å². The second kappa shape index (κ2) is 3.84. The number of aliphatic hydroxyl groups excluding tert-OH is 2. The van der Waals surface area contributed by atoms with Crippen molar-refractivity contribution in [3.63, 3.8) is 0 Å². The molecule has 4 nitrogen and oxygen atoms in total. The molecule has 14 heavy (non-hydrogen) atoms. The van der Waals surface area contributed by atoms with Crippen molar-refractivity contribution < 1.29 is 10.2 Å². The summed E-state index contributed by atoms with van der Waals surface area (Å²) in [7, 11) is 0. The molecule has 2 unspecified atom stereocenters. The minimum Gasteiger partial charge on any atom is -0.389 e. The summed E-state index contributed by atoms with van der Waals surface area (Å²) in [5.74, 6) is 0. The van der Waals surface area contributed by atoms with E-state index in [2.05, 4.69) is 11.9 Å². The van der Waals surface area contributed by atoms with Gasteiger partial charge in [-0.3, -0.25) is 0 Å². The molecule has 0 radical (unpaired) electrons. The van der Waals surface area contributed by atoms with Gasteiger partial charge in [0.25, 0.3) is 0 Å². The molecule has 78 valence electrons. The van der Waals surface area contributed by atoms with E-state index in [9.17, 15) is 10.2 Å². The zero-order valence-corrected chi connectivity index (χ0v) is 8.87. The van der Waals surface area contributed by atoms with Crippen molar-refractivity contribution in [2.75, 3.05) is 18.0 Å². The Hall–Kier alpha value is -0.650. The van der Waals surface area contributed by atoms with Crippen LogP contribution in [0.15, 0.2) is 5.38 Å². The van der Waals surface area contributed by atoms with Gasteiger partial charge in [0.15, 0.2) is 5.13 Å². The average molecular weight is 214 g/mol. The van der Waals surface area contributed by atoms with Crippen LogP contribution in [0.25, 0.3) is 0 Å². The number of aryl methyl sites for hydroxylation is 1. The molecule has 0 aromatic carbocycles. The monoisotopic (exact) mass is 214 g/mol. The molecule has 0 saturated carbocycles. The van der Waals surface area contributed by atoms with E-state index in [-0.39, 0.29) is 0 Å². The second-order valence-corrected chi connectivity index (χ2v) is 4.35. The Morgan fingerprint density at radius 1 is 1.50 bits per heavy atom. The molecule has 1 aromatic heterocycles. The summed E-state index contributed by atoms with van der Waals surface area (Å²) in [4.78, 5) is 6.33. The van der Waals surface area contributed by atoms with E-state index in [1.54, 1.807) is 11.3 Å². The molecule has 1 saturated heterocycles. The molecule has 2 rings (SSSR count). The third-order valence-corrected chi connectivity index (χ3v) is 3.38. The maximum absolute atomic E-state index is 9.38. The SMILES string of the molecule is CCc1csc(N2CC(O)C(O)C2)n1. The van der Waals surface area contributed by atoms with Crippen LogP contribution in [0, 0.1) is 0 Å². The summed E-state index contributed by atoms with van der Waals surface area (Å²) in [6.07, 6.45) is -0.344. The van der Waals surface area contributed by atoms with E-state index in [0.717, 1.165) is 17.2 Å². The lowest BCUT2D eigenvalue weighted by atomic mass is 10.3. The van der Waals surface area contributed by atoms with Crippen LogP contribution in [0.1, 0.15) is 12.6 Å². The van der Waals surface area contributed by atoms with Gasteiger partial charge in [-0.25, -0.2) is 4.98 Å². The first-order valence-electron chi connectivity index (χ1n) is 4.76. The topological polar surface area (TPSA) is 56.6 Å². The Bertz CT molecular complexity index is 306. The Kier molecular flexibility index (Phi) is 2.71. The van der Waals surface area contributed by atoms with E-state index >= 15 is 0 Å². The predicted octanol–water partition coefficient (Wildman–Crippen LogP) is 0.247. The smallest absolute Gasteiger partial charge is 0.185 e. The molecular weight excluding hydrogens is 200 g/mol. The molecule has 2 N–H and O–H groups in total. The number of β-amino-alcohol motifs (C(OH)–C–C–N with tert-alkyl or cyclic N) is 2. The summed E-state index contributed by atoms with van der Waals surface area (Å²) >= 11 is 1.57. The first-order valence-corrected chi connectivity index (χ1v) is 5.64. The van der Waals surface area contributed by atoms with Gasteiger partial charge in [-0.2, -0.15) is 0 Å². The van der Waals surface area contributed by atoms with Gasteiger partial charge in [0.1, 0.15) is 0 Å². The van der Waals surface area contributed by atoms with Crippen molar-refractivity contribution in [3.8, 4) is 0 Å². The third-order valence-electron chi connectivity index (χ3n) is 2.43. The normalized spacial score (nSPS) is 27.2. The number of thiazole rings is 1. The van der Waals surface area contributed by atoms with E-state index in [0.29, 0.717) is 13.1 Å². The Morgan fingerprint density at radius 2 is 2.14 bits per heavy atom. The molecule has 0 aliphatic carbocycles. The van der Waals surface area contributed by atoms with Crippen molar-refractivity contribution in [2.24, 2.45) is 0 Å². The van der Waals surface area contributed by atoms with Crippen LogP contribution in [0.5, 0.6) is 0 Å². The standard InChI is InChI=1S/C9H14N2O2S/c1-2-6-5-14-9(10-6)11-3-7(12)8(13)4-11/h5,7-8,12-13H,2-4H2,1H3. The van der Waals surface area contributed by atoms with Gasteiger partial charge in [0, 0.05) is 18.5 Å². The highest BCUT2D eigenvalue weighted by Gasteiger charge is 2.30. The third kappa shape index (κ3) is 1.75. The molecular formula is C9H14N2O2S. The van der Waals surface area contributed by atoms with Gasteiger partial charge in [-0.05, 0) is 6.42 Å². The minimum atomic E-state index is -0.635. The Morgan fingerprint density at radius 3 is 2.64 bits per heavy atom. The van der Waals surface area contributed by atoms with Crippen molar-refractivity contribution >= 4 is 16.5 Å². The molecule has 2 heterocycles. The molecule has 0 amide bonds. The van der Waals surface area contributed by atoms with Crippen LogP contribution in [0.4, 0.5) is 5.13 Å². The number of anilines is 1. The highest BCUT2D eigenvalue weighted by Crippen LogP contribution is 2.24. The lowest BCUT2D eigenvalue weighted by Gasteiger charge is -2.12. The fourth-order valence-corrected chi connectivity index (χ4v) is 2.46. The minimum absolute atomic E-state index is 0.484. The number of rotatable bonds is 2. The number of hydrogen-bond acceptors (Lipinski definition) is 5. The highest BCUT2D eigenvalue weighted by atomic mass is 32.1. The molecule has 1 aliphatic rings. The molecule has 2 atom stereocenters. The summed E-state index contributed by atoms with van der Waals surface area (Å²) in [5.41, 5.74) is 1.07. The molecule has 1 aliphatic heterocycles. The first kappa shape index (κ1) is 9.89.